The largest absolute Gasteiger partial charge is 0.269 e. The zero-order valence-corrected chi connectivity index (χ0v) is 17.8. The van der Waals surface area contributed by atoms with Gasteiger partial charge in [-0.3, -0.25) is 0 Å². The Kier molecular flexibility index (Phi) is 5.35. The Balaban J connectivity index is 2.01. The summed E-state index contributed by atoms with van der Waals surface area (Å²) in [6, 6.07) is 8.60. The number of nitrogens with zero attached hydrogens (tertiary/aromatic N) is 2. The summed E-state index contributed by atoms with van der Waals surface area (Å²) in [5, 5.41) is 0. The number of aromatic nitrogens is 2. The fraction of sp³-hybridized carbons (Fsp3) is 0.316. The maximum atomic E-state index is 13.0. The highest BCUT2D eigenvalue weighted by Crippen LogP contribution is 2.24. The number of rotatable bonds is 6. The lowest BCUT2D eigenvalue weighted by atomic mass is 10.1. The molecule has 0 aliphatic carbocycles. The number of hydrogen-bond donors (Lipinski definition) is 1. The van der Waals surface area contributed by atoms with Crippen molar-refractivity contribution in [3.63, 3.8) is 0 Å². The standard InChI is InChI=1S/C19H23N3O4S2/c1-5-15(4)21-27(23,24)16-6-8-17(9-7-16)28(25,26)22-12-20-18-10-13(2)14(3)11-19(18)22/h6-12,15,21H,5H2,1-4H3/t15-/m1/s1. The van der Waals surface area contributed by atoms with Gasteiger partial charge in [-0.25, -0.2) is 30.5 Å². The average Bonchev–Trinajstić information content (AvgIpc) is 3.05. The van der Waals surface area contributed by atoms with Gasteiger partial charge in [0.25, 0.3) is 10.0 Å². The minimum atomic E-state index is -3.90. The molecule has 0 aliphatic heterocycles. The Labute approximate surface area is 165 Å². The van der Waals surface area contributed by atoms with Crippen molar-refractivity contribution >= 4 is 31.1 Å². The molecule has 1 N–H and O–H groups in total. The van der Waals surface area contributed by atoms with E-state index in [1.54, 1.807) is 13.0 Å². The molecule has 28 heavy (non-hydrogen) atoms. The number of aryl methyl sites for hydroxylation is 2. The summed E-state index contributed by atoms with van der Waals surface area (Å²) in [6.45, 7) is 7.49. The third-order valence-corrected chi connectivity index (χ3v) is 8.07. The summed E-state index contributed by atoms with van der Waals surface area (Å²) in [5.41, 5.74) is 3.06. The smallest absolute Gasteiger partial charge is 0.236 e. The number of imidazole rings is 1. The van der Waals surface area contributed by atoms with Crippen LogP contribution in [0.3, 0.4) is 0 Å². The Bertz CT molecular complexity index is 1230. The summed E-state index contributed by atoms with van der Waals surface area (Å²) in [5.74, 6) is 0. The van der Waals surface area contributed by atoms with Gasteiger partial charge in [0.15, 0.2) is 0 Å². The van der Waals surface area contributed by atoms with Crippen molar-refractivity contribution in [2.75, 3.05) is 0 Å². The first-order valence-corrected chi connectivity index (χ1v) is 11.8. The molecule has 0 saturated carbocycles. The van der Waals surface area contributed by atoms with Crippen LogP contribution in [0.2, 0.25) is 0 Å². The van der Waals surface area contributed by atoms with Crippen LogP contribution in [0, 0.1) is 13.8 Å². The number of fused-ring (bicyclic) bond motifs is 1. The van der Waals surface area contributed by atoms with Crippen molar-refractivity contribution < 1.29 is 16.8 Å². The third-order valence-electron chi connectivity index (χ3n) is 4.79. The van der Waals surface area contributed by atoms with Gasteiger partial charge < -0.3 is 0 Å². The molecule has 3 aromatic rings. The molecule has 7 nitrogen and oxygen atoms in total. The van der Waals surface area contributed by atoms with E-state index in [2.05, 4.69) is 9.71 Å². The Hall–Kier alpha value is -2.23. The van der Waals surface area contributed by atoms with Crippen molar-refractivity contribution in [1.82, 2.24) is 13.7 Å². The van der Waals surface area contributed by atoms with Gasteiger partial charge in [0.2, 0.25) is 10.0 Å². The molecule has 0 unspecified atom stereocenters. The lowest BCUT2D eigenvalue weighted by Gasteiger charge is -2.13. The van der Waals surface area contributed by atoms with Crippen molar-refractivity contribution in [3.05, 3.63) is 53.9 Å². The van der Waals surface area contributed by atoms with E-state index >= 15 is 0 Å². The van der Waals surface area contributed by atoms with Crippen LogP contribution in [-0.2, 0) is 20.0 Å². The molecular formula is C19H23N3O4S2. The lowest BCUT2D eigenvalue weighted by molar-refractivity contribution is 0.555. The van der Waals surface area contributed by atoms with Gasteiger partial charge in [0, 0.05) is 6.04 Å². The zero-order valence-electron chi connectivity index (χ0n) is 16.2. The SMILES string of the molecule is CC[C@@H](C)NS(=O)(=O)c1ccc(S(=O)(=O)n2cnc3cc(C)c(C)cc32)cc1. The molecule has 0 fully saturated rings. The first kappa shape index (κ1) is 20.5. The maximum absolute atomic E-state index is 13.0. The highest BCUT2D eigenvalue weighted by Gasteiger charge is 2.22. The van der Waals surface area contributed by atoms with Crippen LogP contribution in [0.1, 0.15) is 31.4 Å². The van der Waals surface area contributed by atoms with E-state index in [0.29, 0.717) is 17.5 Å². The minimum Gasteiger partial charge on any atom is -0.236 e. The average molecular weight is 422 g/mol. The number of sulfonamides is 1. The number of nitrogens with one attached hydrogen (secondary N) is 1. The molecule has 1 heterocycles. The first-order chi connectivity index (χ1) is 13.1. The van der Waals surface area contributed by atoms with E-state index in [4.69, 9.17) is 0 Å². The Morgan fingerprint density at radius 2 is 1.57 bits per heavy atom. The summed E-state index contributed by atoms with van der Waals surface area (Å²) >= 11 is 0. The van der Waals surface area contributed by atoms with Crippen LogP contribution in [0.4, 0.5) is 0 Å². The van der Waals surface area contributed by atoms with Gasteiger partial charge in [0.1, 0.15) is 6.33 Å². The molecule has 0 amide bonds. The summed E-state index contributed by atoms with van der Waals surface area (Å²) < 4.78 is 54.5. The predicted octanol–water partition coefficient (Wildman–Crippen LogP) is 2.97. The van der Waals surface area contributed by atoms with E-state index < -0.39 is 20.0 Å². The van der Waals surface area contributed by atoms with Crippen molar-refractivity contribution in [3.8, 4) is 0 Å². The summed E-state index contributed by atoms with van der Waals surface area (Å²) in [4.78, 5) is 4.20. The molecule has 1 atom stereocenters. The van der Waals surface area contributed by atoms with Crippen LogP contribution < -0.4 is 4.72 Å². The van der Waals surface area contributed by atoms with E-state index in [1.165, 1.54) is 30.6 Å². The van der Waals surface area contributed by atoms with Crippen LogP contribution in [0.15, 0.2) is 52.5 Å². The summed E-state index contributed by atoms with van der Waals surface area (Å²) in [7, 11) is -7.60. The van der Waals surface area contributed by atoms with Crippen molar-refractivity contribution in [2.24, 2.45) is 0 Å². The van der Waals surface area contributed by atoms with Gasteiger partial charge in [-0.05, 0) is 74.7 Å². The van der Waals surface area contributed by atoms with Crippen LogP contribution in [0.5, 0.6) is 0 Å². The van der Waals surface area contributed by atoms with E-state index in [9.17, 15) is 16.8 Å². The minimum absolute atomic E-state index is 0.00693. The molecule has 3 rings (SSSR count). The van der Waals surface area contributed by atoms with Gasteiger partial charge in [-0.2, -0.15) is 0 Å². The van der Waals surface area contributed by atoms with Crippen molar-refractivity contribution in [1.29, 1.82) is 0 Å². The second-order valence-corrected chi connectivity index (χ2v) is 10.4. The Morgan fingerprint density at radius 1 is 1.00 bits per heavy atom. The maximum Gasteiger partial charge on any atom is 0.269 e. The fourth-order valence-corrected chi connectivity index (χ4v) is 5.37. The molecular weight excluding hydrogens is 398 g/mol. The molecule has 0 spiro atoms. The molecule has 9 heteroatoms. The van der Waals surface area contributed by atoms with Crippen LogP contribution in [-0.4, -0.2) is 31.8 Å². The van der Waals surface area contributed by atoms with Gasteiger partial charge >= 0.3 is 0 Å². The molecule has 0 radical (unpaired) electrons. The molecule has 0 bridgehead atoms. The second-order valence-electron chi connectivity index (χ2n) is 6.87. The van der Waals surface area contributed by atoms with Crippen molar-refractivity contribution in [2.45, 2.75) is 49.9 Å². The van der Waals surface area contributed by atoms with E-state index in [1.807, 2.05) is 26.8 Å². The van der Waals surface area contributed by atoms with E-state index in [0.717, 1.165) is 15.1 Å². The summed E-state index contributed by atoms with van der Waals surface area (Å²) in [6.07, 6.45) is 1.92. The Morgan fingerprint density at radius 3 is 2.18 bits per heavy atom. The number of benzene rings is 2. The molecule has 0 saturated heterocycles. The normalized spacial score (nSPS) is 13.7. The fourth-order valence-electron chi connectivity index (χ4n) is 2.75. The van der Waals surface area contributed by atoms with Crippen LogP contribution in [0.25, 0.3) is 11.0 Å². The zero-order chi connectivity index (χ0) is 20.7. The van der Waals surface area contributed by atoms with Gasteiger partial charge in [-0.15, -0.1) is 0 Å². The molecule has 150 valence electrons. The first-order valence-electron chi connectivity index (χ1n) is 8.88. The van der Waals surface area contributed by atoms with Gasteiger partial charge in [-0.1, -0.05) is 6.92 Å². The highest BCUT2D eigenvalue weighted by molar-refractivity contribution is 7.90. The lowest BCUT2D eigenvalue weighted by Crippen LogP contribution is -2.32. The quantitative estimate of drug-likeness (QED) is 0.660. The third kappa shape index (κ3) is 3.69. The second kappa shape index (κ2) is 7.31. The topological polar surface area (TPSA) is 98.1 Å². The molecule has 1 aromatic heterocycles. The van der Waals surface area contributed by atoms with Gasteiger partial charge in [0.05, 0.1) is 20.8 Å². The predicted molar refractivity (Wildman–Crippen MR) is 108 cm³/mol. The van der Waals surface area contributed by atoms with Crippen LogP contribution >= 0.6 is 0 Å². The molecule has 2 aromatic carbocycles. The van der Waals surface area contributed by atoms with E-state index in [-0.39, 0.29) is 15.8 Å². The number of hydrogen-bond acceptors (Lipinski definition) is 5. The molecule has 0 aliphatic rings. The monoisotopic (exact) mass is 421 g/mol. The highest BCUT2D eigenvalue weighted by atomic mass is 32.2.